The van der Waals surface area contributed by atoms with Crippen molar-refractivity contribution in [2.45, 2.75) is 20.1 Å². The molecule has 1 amide bonds. The van der Waals surface area contributed by atoms with Gasteiger partial charge in [-0.2, -0.15) is 5.06 Å². The van der Waals surface area contributed by atoms with E-state index >= 15 is 0 Å². The Kier molecular flexibility index (Phi) is 3.75. The molecule has 10 heavy (non-hydrogen) atoms. The van der Waals surface area contributed by atoms with E-state index in [-0.39, 0.29) is 6.54 Å². The first-order valence-electron chi connectivity index (χ1n) is 3.00. The van der Waals surface area contributed by atoms with Crippen LogP contribution in [0, 0.1) is 0 Å². The quantitative estimate of drug-likeness (QED) is 0.443. The molecule has 0 aliphatic heterocycles. The first kappa shape index (κ1) is 9.19. The number of hydrogen-bond donors (Lipinski definition) is 2. The highest BCUT2D eigenvalue weighted by Crippen LogP contribution is 1.92. The van der Waals surface area contributed by atoms with E-state index in [0.717, 1.165) is 5.06 Å². The van der Waals surface area contributed by atoms with Crippen LogP contribution in [0.1, 0.15) is 13.8 Å². The number of amides is 1. The van der Waals surface area contributed by atoms with Crippen molar-refractivity contribution in [2.24, 2.45) is 5.73 Å². The van der Waals surface area contributed by atoms with Crippen molar-refractivity contribution in [3.05, 3.63) is 0 Å². The van der Waals surface area contributed by atoms with Crippen LogP contribution in [-0.4, -0.2) is 29.0 Å². The number of rotatable bonds is 3. The molecule has 0 rings (SSSR count). The van der Waals surface area contributed by atoms with Gasteiger partial charge in [-0.25, -0.2) is 9.63 Å². The Morgan fingerprint density at radius 3 is 2.50 bits per heavy atom. The minimum atomic E-state index is -1.13. The molecule has 60 valence electrons. The predicted octanol–water partition coefficient (Wildman–Crippen LogP) is 0.223. The largest absolute Gasteiger partial charge is 0.463 e. The lowest BCUT2D eigenvalue weighted by Gasteiger charge is -2.18. The summed E-state index contributed by atoms with van der Waals surface area (Å²) in [5, 5.41) is 9.15. The predicted molar refractivity (Wildman–Crippen MR) is 35.1 cm³/mol. The second-order valence-electron chi connectivity index (χ2n) is 1.79. The van der Waals surface area contributed by atoms with Crippen molar-refractivity contribution in [3.8, 4) is 0 Å². The molecule has 1 unspecified atom stereocenters. The first-order valence-corrected chi connectivity index (χ1v) is 3.00. The number of carbonyl (C=O) groups is 1. The van der Waals surface area contributed by atoms with Gasteiger partial charge in [-0.3, -0.25) is 0 Å². The maximum atomic E-state index is 10.2. The summed E-state index contributed by atoms with van der Waals surface area (Å²) in [6.45, 7) is 3.50. The van der Waals surface area contributed by atoms with E-state index in [1.165, 1.54) is 0 Å². The smallest absolute Gasteiger partial charge is 0.431 e. The topological polar surface area (TPSA) is 75.8 Å². The number of carboxylic acid groups (broad SMARTS) is 1. The summed E-state index contributed by atoms with van der Waals surface area (Å²) in [5.74, 6) is 0. The van der Waals surface area contributed by atoms with Crippen molar-refractivity contribution >= 4 is 6.09 Å². The highest BCUT2D eigenvalue weighted by molar-refractivity contribution is 5.63. The first-order chi connectivity index (χ1) is 4.57. The molecule has 0 aromatic rings. The van der Waals surface area contributed by atoms with Gasteiger partial charge < -0.3 is 10.8 Å². The fourth-order valence-electron chi connectivity index (χ4n) is 0.456. The molecule has 1 atom stereocenters. The van der Waals surface area contributed by atoms with Gasteiger partial charge in [-0.1, -0.05) is 0 Å². The lowest BCUT2D eigenvalue weighted by molar-refractivity contribution is -0.160. The Bertz CT molecular complexity index is 115. The molecular formula is C5H12N2O3. The van der Waals surface area contributed by atoms with E-state index in [0.29, 0.717) is 0 Å². The van der Waals surface area contributed by atoms with E-state index in [4.69, 9.17) is 10.8 Å². The van der Waals surface area contributed by atoms with Crippen LogP contribution in [0.2, 0.25) is 0 Å². The Hall–Kier alpha value is -0.810. The Morgan fingerprint density at radius 2 is 2.40 bits per heavy atom. The maximum Gasteiger partial charge on any atom is 0.431 e. The van der Waals surface area contributed by atoms with E-state index in [1.54, 1.807) is 13.8 Å². The number of nitrogens with zero attached hydrogens (tertiary/aromatic N) is 1. The molecule has 0 aliphatic rings. The van der Waals surface area contributed by atoms with Crippen LogP contribution < -0.4 is 5.73 Å². The van der Waals surface area contributed by atoms with Crippen LogP contribution in [0.5, 0.6) is 0 Å². The molecule has 0 saturated heterocycles. The number of hydroxylamine groups is 2. The summed E-state index contributed by atoms with van der Waals surface area (Å²) in [5.41, 5.74) is 5.18. The third-order valence-corrected chi connectivity index (χ3v) is 0.794. The summed E-state index contributed by atoms with van der Waals surface area (Å²) in [4.78, 5) is 14.9. The van der Waals surface area contributed by atoms with Crippen molar-refractivity contribution in [1.82, 2.24) is 5.06 Å². The second-order valence-corrected chi connectivity index (χ2v) is 1.79. The number of nitrogens with two attached hydrogens (primary N) is 1. The van der Waals surface area contributed by atoms with Gasteiger partial charge in [0.15, 0.2) is 0 Å². The van der Waals surface area contributed by atoms with E-state index < -0.39 is 12.3 Å². The SMILES string of the molecule is CCN(OC(C)N)C(=O)O. The van der Waals surface area contributed by atoms with Crippen molar-refractivity contribution in [3.63, 3.8) is 0 Å². The van der Waals surface area contributed by atoms with Gasteiger partial charge in [0.2, 0.25) is 0 Å². The minimum Gasteiger partial charge on any atom is -0.463 e. The van der Waals surface area contributed by atoms with Crippen LogP contribution in [0.25, 0.3) is 0 Å². The fraction of sp³-hybridized carbons (Fsp3) is 0.800. The van der Waals surface area contributed by atoms with Crippen molar-refractivity contribution < 1.29 is 14.7 Å². The highest BCUT2D eigenvalue weighted by Gasteiger charge is 2.10. The van der Waals surface area contributed by atoms with Gasteiger partial charge in [0, 0.05) is 6.54 Å². The molecule has 3 N–H and O–H groups in total. The van der Waals surface area contributed by atoms with Crippen molar-refractivity contribution in [1.29, 1.82) is 0 Å². The van der Waals surface area contributed by atoms with E-state index in [9.17, 15) is 4.79 Å². The standard InChI is InChI=1S/C5H12N2O3/c1-3-7(5(8)9)10-4(2)6/h4H,3,6H2,1-2H3,(H,8,9). The van der Waals surface area contributed by atoms with E-state index in [2.05, 4.69) is 4.84 Å². The fourth-order valence-corrected chi connectivity index (χ4v) is 0.456. The van der Waals surface area contributed by atoms with Crippen LogP contribution in [0.4, 0.5) is 4.79 Å². The molecule has 0 radical (unpaired) electrons. The average molecular weight is 148 g/mol. The highest BCUT2D eigenvalue weighted by atomic mass is 16.7. The molecule has 0 aromatic carbocycles. The molecule has 0 aromatic heterocycles. The van der Waals surface area contributed by atoms with Crippen LogP contribution >= 0.6 is 0 Å². The molecule has 5 heteroatoms. The average Bonchev–Trinajstić information content (AvgIpc) is 1.81. The molecule has 0 spiro atoms. The summed E-state index contributed by atoms with van der Waals surface area (Å²) < 4.78 is 0. The molecule has 0 bridgehead atoms. The molecule has 5 nitrogen and oxygen atoms in total. The van der Waals surface area contributed by atoms with E-state index in [1.807, 2.05) is 0 Å². The minimum absolute atomic E-state index is 0.275. The summed E-state index contributed by atoms with van der Waals surface area (Å²) in [7, 11) is 0. The third kappa shape index (κ3) is 3.26. The number of hydrogen-bond acceptors (Lipinski definition) is 3. The molecule has 0 saturated carbocycles. The molecule has 0 fully saturated rings. The van der Waals surface area contributed by atoms with Gasteiger partial charge in [0.1, 0.15) is 6.23 Å². The summed E-state index contributed by atoms with van der Waals surface area (Å²) in [6, 6.07) is 0. The lowest BCUT2D eigenvalue weighted by Crippen LogP contribution is -2.36. The second kappa shape index (κ2) is 4.08. The van der Waals surface area contributed by atoms with Crippen LogP contribution in [0.15, 0.2) is 0 Å². The monoisotopic (exact) mass is 148 g/mol. The van der Waals surface area contributed by atoms with Gasteiger partial charge in [0.05, 0.1) is 0 Å². The molecule has 0 heterocycles. The Balaban J connectivity index is 3.72. The zero-order chi connectivity index (χ0) is 8.15. The lowest BCUT2D eigenvalue weighted by atomic mass is 10.7. The van der Waals surface area contributed by atoms with Crippen LogP contribution in [-0.2, 0) is 4.84 Å². The van der Waals surface area contributed by atoms with Gasteiger partial charge in [-0.15, -0.1) is 0 Å². The van der Waals surface area contributed by atoms with Crippen LogP contribution in [0.3, 0.4) is 0 Å². The van der Waals surface area contributed by atoms with Gasteiger partial charge >= 0.3 is 6.09 Å². The zero-order valence-electron chi connectivity index (χ0n) is 6.07. The summed E-state index contributed by atoms with van der Waals surface area (Å²) in [6.07, 6.45) is -1.71. The van der Waals surface area contributed by atoms with Gasteiger partial charge in [-0.05, 0) is 13.8 Å². The van der Waals surface area contributed by atoms with Gasteiger partial charge in [0.25, 0.3) is 0 Å². The normalized spacial score (nSPS) is 12.7. The molecule has 0 aliphatic carbocycles. The van der Waals surface area contributed by atoms with Crippen molar-refractivity contribution in [2.75, 3.05) is 6.54 Å². The summed E-state index contributed by atoms with van der Waals surface area (Å²) >= 11 is 0. The maximum absolute atomic E-state index is 10.2. The molecular weight excluding hydrogens is 136 g/mol. The third-order valence-electron chi connectivity index (χ3n) is 0.794. The Labute approximate surface area is 59.3 Å². The zero-order valence-corrected chi connectivity index (χ0v) is 6.07. The Morgan fingerprint density at radius 1 is 1.90 bits per heavy atom.